The Morgan fingerprint density at radius 1 is 0.451 bits per heavy atom. The molecule has 0 bridgehead atoms. The Morgan fingerprint density at radius 3 is 2.08 bits per heavy atom. The number of thiophene rings is 2. The Balaban J connectivity index is 1.14. The van der Waals surface area contributed by atoms with Crippen molar-refractivity contribution in [1.82, 2.24) is 24.5 Å². The fraction of sp³-hybridized carbons (Fsp3) is 0. The van der Waals surface area contributed by atoms with Crippen molar-refractivity contribution < 1.29 is 0 Å². The highest BCUT2D eigenvalue weighted by molar-refractivity contribution is 7.26. The van der Waals surface area contributed by atoms with Gasteiger partial charge in [-0.15, -0.1) is 22.7 Å². The van der Waals surface area contributed by atoms with Gasteiger partial charge in [0.2, 0.25) is 0 Å². The molecule has 0 unspecified atom stereocenters. The Labute approximate surface area is 299 Å². The fourth-order valence-electron chi connectivity index (χ4n) is 7.45. The molecule has 0 aliphatic heterocycles. The van der Waals surface area contributed by atoms with Gasteiger partial charge in [0, 0.05) is 79.7 Å². The second-order valence-corrected chi connectivity index (χ2v) is 14.8. The molecular formula is C44H25N5S2. The van der Waals surface area contributed by atoms with Crippen LogP contribution in [0.3, 0.4) is 0 Å². The molecule has 0 amide bonds. The van der Waals surface area contributed by atoms with E-state index in [0.29, 0.717) is 17.5 Å². The normalized spacial score (nSPS) is 11.9. The molecule has 0 spiro atoms. The lowest BCUT2D eigenvalue weighted by atomic mass is 10.1. The predicted octanol–water partition coefficient (Wildman–Crippen LogP) is 12.1. The summed E-state index contributed by atoms with van der Waals surface area (Å²) in [6.07, 6.45) is 1.87. The number of rotatable bonds is 4. The minimum Gasteiger partial charge on any atom is -0.294 e. The van der Waals surface area contributed by atoms with Crippen LogP contribution in [0.25, 0.3) is 102 Å². The number of hydrogen-bond donors (Lipinski definition) is 0. The van der Waals surface area contributed by atoms with Crippen LogP contribution < -0.4 is 0 Å². The van der Waals surface area contributed by atoms with Crippen LogP contribution in [-0.4, -0.2) is 24.5 Å². The molecule has 5 aromatic heterocycles. The largest absolute Gasteiger partial charge is 0.294 e. The number of para-hydroxylation sites is 1. The molecule has 5 heterocycles. The summed E-state index contributed by atoms with van der Waals surface area (Å²) in [5.41, 5.74) is 6.16. The van der Waals surface area contributed by atoms with E-state index in [-0.39, 0.29) is 0 Å². The van der Waals surface area contributed by atoms with Crippen molar-refractivity contribution in [1.29, 1.82) is 0 Å². The quantitative estimate of drug-likeness (QED) is 0.185. The zero-order valence-electron chi connectivity index (χ0n) is 27.0. The molecule has 51 heavy (non-hydrogen) atoms. The van der Waals surface area contributed by atoms with E-state index >= 15 is 0 Å². The standard InChI is InChI=1S/C44H25N5S2/c1-2-11-26(12-3-1)41-46-42(33-16-9-21-37-39(33)32-14-5-7-20-36(32)50-37)48-43(47-41)34-17-8-15-30-29-23-22-27(25-38(29)51-40(30)34)49-35-19-6-4-13-28(35)31-18-10-24-45-44(31)49/h1-25H. The zero-order chi connectivity index (χ0) is 33.5. The average molecular weight is 688 g/mol. The van der Waals surface area contributed by atoms with Gasteiger partial charge in [0.25, 0.3) is 0 Å². The second-order valence-electron chi connectivity index (χ2n) is 12.6. The predicted molar refractivity (Wildman–Crippen MR) is 214 cm³/mol. The monoisotopic (exact) mass is 687 g/mol. The van der Waals surface area contributed by atoms with Crippen molar-refractivity contribution in [2.75, 3.05) is 0 Å². The van der Waals surface area contributed by atoms with E-state index in [1.54, 1.807) is 22.7 Å². The maximum absolute atomic E-state index is 5.26. The minimum absolute atomic E-state index is 0.659. The molecule has 0 saturated carbocycles. The number of nitrogens with zero attached hydrogens (tertiary/aromatic N) is 5. The lowest BCUT2D eigenvalue weighted by Crippen LogP contribution is -2.00. The van der Waals surface area contributed by atoms with Crippen LogP contribution in [0.15, 0.2) is 152 Å². The van der Waals surface area contributed by atoms with Gasteiger partial charge < -0.3 is 0 Å². The lowest BCUT2D eigenvalue weighted by molar-refractivity contribution is 1.08. The van der Waals surface area contributed by atoms with Gasteiger partial charge in [-0.25, -0.2) is 19.9 Å². The van der Waals surface area contributed by atoms with E-state index in [0.717, 1.165) is 43.6 Å². The molecule has 0 radical (unpaired) electrons. The summed E-state index contributed by atoms with van der Waals surface area (Å²) >= 11 is 3.58. The summed E-state index contributed by atoms with van der Waals surface area (Å²) in [5, 5.41) is 7.15. The van der Waals surface area contributed by atoms with Crippen LogP contribution in [0.1, 0.15) is 0 Å². The highest BCUT2D eigenvalue weighted by atomic mass is 32.1. The highest BCUT2D eigenvalue weighted by Crippen LogP contribution is 2.43. The summed E-state index contributed by atoms with van der Waals surface area (Å²) in [6, 6.07) is 51.1. The van der Waals surface area contributed by atoms with Gasteiger partial charge in [-0.3, -0.25) is 4.57 Å². The van der Waals surface area contributed by atoms with Gasteiger partial charge >= 0.3 is 0 Å². The summed E-state index contributed by atoms with van der Waals surface area (Å²) in [7, 11) is 0. The van der Waals surface area contributed by atoms with Crippen LogP contribution in [-0.2, 0) is 0 Å². The molecule has 0 atom stereocenters. The fourth-order valence-corrected chi connectivity index (χ4v) is 9.83. The molecule has 6 aromatic carbocycles. The van der Waals surface area contributed by atoms with Crippen LogP contribution in [0.5, 0.6) is 0 Å². The number of aromatic nitrogens is 5. The molecule has 0 aliphatic carbocycles. The molecule has 7 heteroatoms. The summed E-state index contributed by atoms with van der Waals surface area (Å²) in [4.78, 5) is 20.4. The van der Waals surface area contributed by atoms with E-state index in [1.165, 1.54) is 41.0 Å². The smallest absolute Gasteiger partial charge is 0.165 e. The number of pyridine rings is 1. The molecule has 238 valence electrons. The van der Waals surface area contributed by atoms with E-state index in [4.69, 9.17) is 19.9 Å². The Kier molecular flexibility index (Phi) is 6.22. The first-order chi connectivity index (χ1) is 25.3. The topological polar surface area (TPSA) is 56.5 Å². The Bertz CT molecular complexity index is 3100. The first-order valence-electron chi connectivity index (χ1n) is 16.8. The van der Waals surface area contributed by atoms with Gasteiger partial charge in [-0.05, 0) is 48.5 Å². The first-order valence-corrected chi connectivity index (χ1v) is 18.4. The van der Waals surface area contributed by atoms with Crippen molar-refractivity contribution >= 4 is 85.0 Å². The molecule has 0 aliphatic rings. The third-order valence-corrected chi connectivity index (χ3v) is 12.1. The van der Waals surface area contributed by atoms with E-state index in [2.05, 4.69) is 126 Å². The van der Waals surface area contributed by atoms with Crippen molar-refractivity contribution in [3.8, 4) is 39.9 Å². The molecule has 5 nitrogen and oxygen atoms in total. The SMILES string of the molecule is c1ccc(-c2nc(-c3cccc4c3sc3cc(-n5c6ccccc6c6cccnc65)ccc34)nc(-c3cccc4sc5ccccc5c34)n2)cc1. The van der Waals surface area contributed by atoms with Crippen molar-refractivity contribution in [2.45, 2.75) is 0 Å². The van der Waals surface area contributed by atoms with Crippen LogP contribution >= 0.6 is 22.7 Å². The van der Waals surface area contributed by atoms with Crippen molar-refractivity contribution in [2.24, 2.45) is 0 Å². The third-order valence-electron chi connectivity index (χ3n) is 9.73. The summed E-state index contributed by atoms with van der Waals surface area (Å²) in [6.45, 7) is 0. The van der Waals surface area contributed by atoms with E-state index in [1.807, 2.05) is 30.5 Å². The van der Waals surface area contributed by atoms with E-state index in [9.17, 15) is 0 Å². The van der Waals surface area contributed by atoms with Gasteiger partial charge in [0.1, 0.15) is 5.65 Å². The molecule has 0 N–H and O–H groups in total. The van der Waals surface area contributed by atoms with Gasteiger partial charge in [0.15, 0.2) is 17.5 Å². The molecule has 0 fully saturated rings. The Hall–Kier alpha value is -6.28. The highest BCUT2D eigenvalue weighted by Gasteiger charge is 2.20. The van der Waals surface area contributed by atoms with Gasteiger partial charge in [-0.2, -0.15) is 0 Å². The molecule has 11 aromatic rings. The molecule has 0 saturated heterocycles. The van der Waals surface area contributed by atoms with Crippen LogP contribution in [0.2, 0.25) is 0 Å². The van der Waals surface area contributed by atoms with Crippen LogP contribution in [0, 0.1) is 0 Å². The van der Waals surface area contributed by atoms with Crippen molar-refractivity contribution in [3.63, 3.8) is 0 Å². The first kappa shape index (κ1) is 28.5. The minimum atomic E-state index is 0.659. The Morgan fingerprint density at radius 2 is 1.16 bits per heavy atom. The average Bonchev–Trinajstić information content (AvgIpc) is 3.87. The number of fused-ring (bicyclic) bond motifs is 9. The third kappa shape index (κ3) is 4.39. The molecule has 11 rings (SSSR count). The second kappa shape index (κ2) is 11.1. The van der Waals surface area contributed by atoms with Gasteiger partial charge in [0.05, 0.1) is 5.52 Å². The van der Waals surface area contributed by atoms with Crippen LogP contribution in [0.4, 0.5) is 0 Å². The van der Waals surface area contributed by atoms with E-state index < -0.39 is 0 Å². The zero-order valence-corrected chi connectivity index (χ0v) is 28.6. The lowest BCUT2D eigenvalue weighted by Gasteiger charge is -2.10. The van der Waals surface area contributed by atoms with Crippen molar-refractivity contribution in [3.05, 3.63) is 152 Å². The maximum Gasteiger partial charge on any atom is 0.165 e. The number of hydrogen-bond acceptors (Lipinski definition) is 6. The van der Waals surface area contributed by atoms with Gasteiger partial charge in [-0.1, -0.05) is 97.1 Å². The number of benzene rings is 6. The summed E-state index contributed by atoms with van der Waals surface area (Å²) < 4.78 is 7.10. The maximum atomic E-state index is 5.26. The molecular weight excluding hydrogens is 663 g/mol. The summed E-state index contributed by atoms with van der Waals surface area (Å²) in [5.74, 6) is 2.00.